The second kappa shape index (κ2) is 9.21. The number of nitrogens with one attached hydrogen (secondary N) is 2. The van der Waals surface area contributed by atoms with E-state index in [0.29, 0.717) is 5.56 Å². The van der Waals surface area contributed by atoms with Gasteiger partial charge in [0.15, 0.2) is 6.61 Å². The monoisotopic (exact) mass is 355 g/mol. The van der Waals surface area contributed by atoms with Gasteiger partial charge in [-0.1, -0.05) is 6.07 Å². The van der Waals surface area contributed by atoms with Crippen molar-refractivity contribution in [2.45, 2.75) is 13.1 Å². The number of anilines is 1. The lowest BCUT2D eigenvalue weighted by Crippen LogP contribution is -2.36. The number of alkyl halides is 3. The van der Waals surface area contributed by atoms with Crippen molar-refractivity contribution in [2.24, 2.45) is 5.73 Å². The van der Waals surface area contributed by atoms with Gasteiger partial charge in [0, 0.05) is 0 Å². The van der Waals surface area contributed by atoms with E-state index in [0.717, 1.165) is 0 Å². The van der Waals surface area contributed by atoms with E-state index < -0.39 is 24.6 Å². The molecule has 0 aromatic heterocycles. The molecule has 0 saturated heterocycles. The molecule has 0 atom stereocenters. The molecule has 2 amide bonds. The van der Waals surface area contributed by atoms with E-state index >= 15 is 0 Å². The minimum absolute atomic E-state index is 0. The standard InChI is InChI=1S/C13H16F3N3O3.ClH/c1-8-2-3-9(10(4-8)22-7-13(14,15)16)19-12(21)6-18-11(20)5-17;/h2-4H,5-7,17H2,1H3,(H,18,20)(H,19,21);1H. The number of hydrogen-bond donors (Lipinski definition) is 3. The molecular formula is C13H17ClF3N3O3. The molecular weight excluding hydrogens is 339 g/mol. The van der Waals surface area contributed by atoms with E-state index in [-0.39, 0.29) is 36.9 Å². The lowest BCUT2D eigenvalue weighted by atomic mass is 10.2. The topological polar surface area (TPSA) is 93.5 Å². The van der Waals surface area contributed by atoms with Crippen molar-refractivity contribution in [1.29, 1.82) is 0 Å². The molecule has 0 aliphatic heterocycles. The van der Waals surface area contributed by atoms with Crippen molar-refractivity contribution in [3.05, 3.63) is 23.8 Å². The summed E-state index contributed by atoms with van der Waals surface area (Å²) < 4.78 is 41.3. The minimum Gasteiger partial charge on any atom is -0.482 e. The molecule has 0 radical (unpaired) electrons. The van der Waals surface area contributed by atoms with Gasteiger partial charge in [-0.15, -0.1) is 12.4 Å². The smallest absolute Gasteiger partial charge is 0.422 e. The first kappa shape index (κ1) is 21.0. The van der Waals surface area contributed by atoms with E-state index in [1.807, 2.05) is 0 Å². The minimum atomic E-state index is -4.49. The summed E-state index contributed by atoms with van der Waals surface area (Å²) in [7, 11) is 0. The Bertz CT molecular complexity index is 553. The number of hydrogen-bond acceptors (Lipinski definition) is 4. The number of carbonyl (C=O) groups is 2. The average molecular weight is 356 g/mol. The first-order valence-electron chi connectivity index (χ1n) is 6.28. The average Bonchev–Trinajstić information content (AvgIpc) is 2.44. The van der Waals surface area contributed by atoms with Crippen LogP contribution in [0.15, 0.2) is 18.2 Å². The summed E-state index contributed by atoms with van der Waals surface area (Å²) in [5, 5.41) is 4.61. The maximum absolute atomic E-state index is 12.2. The zero-order chi connectivity index (χ0) is 16.8. The van der Waals surface area contributed by atoms with Gasteiger partial charge in [-0.3, -0.25) is 9.59 Å². The SMILES string of the molecule is Cc1ccc(NC(=O)CNC(=O)CN)c(OCC(F)(F)F)c1.Cl. The van der Waals surface area contributed by atoms with Crippen LogP contribution in [-0.4, -0.2) is 37.7 Å². The fraction of sp³-hybridized carbons (Fsp3) is 0.385. The van der Waals surface area contributed by atoms with Crippen LogP contribution in [0.3, 0.4) is 0 Å². The number of amides is 2. The van der Waals surface area contributed by atoms with Gasteiger partial charge in [-0.05, 0) is 24.6 Å². The number of nitrogens with two attached hydrogens (primary N) is 1. The molecule has 4 N–H and O–H groups in total. The molecule has 10 heteroatoms. The van der Waals surface area contributed by atoms with Crippen molar-refractivity contribution >= 4 is 29.9 Å². The predicted octanol–water partition coefficient (Wildman–Crippen LogP) is 1.37. The highest BCUT2D eigenvalue weighted by atomic mass is 35.5. The van der Waals surface area contributed by atoms with Gasteiger partial charge in [0.2, 0.25) is 11.8 Å². The van der Waals surface area contributed by atoms with Gasteiger partial charge in [0.1, 0.15) is 5.75 Å². The zero-order valence-corrected chi connectivity index (χ0v) is 13.0. The summed E-state index contributed by atoms with van der Waals surface area (Å²) in [4.78, 5) is 22.6. The number of halogens is 4. The van der Waals surface area contributed by atoms with Crippen molar-refractivity contribution in [3.63, 3.8) is 0 Å². The fourth-order valence-electron chi connectivity index (χ4n) is 1.46. The van der Waals surface area contributed by atoms with Crippen LogP contribution in [0.1, 0.15) is 5.56 Å². The predicted molar refractivity (Wildman–Crippen MR) is 80.7 cm³/mol. The van der Waals surface area contributed by atoms with Crippen molar-refractivity contribution in [1.82, 2.24) is 5.32 Å². The Hall–Kier alpha value is -2.00. The highest BCUT2D eigenvalue weighted by Crippen LogP contribution is 2.27. The van der Waals surface area contributed by atoms with Gasteiger partial charge in [-0.2, -0.15) is 13.2 Å². The molecule has 23 heavy (non-hydrogen) atoms. The Morgan fingerprint density at radius 1 is 1.26 bits per heavy atom. The van der Waals surface area contributed by atoms with Gasteiger partial charge in [0.05, 0.1) is 18.8 Å². The lowest BCUT2D eigenvalue weighted by Gasteiger charge is -2.14. The molecule has 1 rings (SSSR count). The largest absolute Gasteiger partial charge is 0.482 e. The van der Waals surface area contributed by atoms with Crippen molar-refractivity contribution in [3.8, 4) is 5.75 Å². The Morgan fingerprint density at radius 2 is 1.91 bits per heavy atom. The van der Waals surface area contributed by atoms with Gasteiger partial charge < -0.3 is 21.1 Å². The summed E-state index contributed by atoms with van der Waals surface area (Å²) >= 11 is 0. The van der Waals surface area contributed by atoms with Gasteiger partial charge >= 0.3 is 6.18 Å². The third kappa shape index (κ3) is 8.27. The maximum atomic E-state index is 12.2. The van der Waals surface area contributed by atoms with Crippen molar-refractivity contribution < 1.29 is 27.5 Å². The molecule has 0 bridgehead atoms. The fourth-order valence-corrected chi connectivity index (χ4v) is 1.46. The first-order valence-corrected chi connectivity index (χ1v) is 6.28. The van der Waals surface area contributed by atoms with Crippen LogP contribution in [0.4, 0.5) is 18.9 Å². The van der Waals surface area contributed by atoms with Crippen LogP contribution < -0.4 is 21.1 Å². The van der Waals surface area contributed by atoms with E-state index in [9.17, 15) is 22.8 Å². The highest BCUT2D eigenvalue weighted by Gasteiger charge is 2.29. The summed E-state index contributed by atoms with van der Waals surface area (Å²) in [6.45, 7) is -0.406. The molecule has 130 valence electrons. The van der Waals surface area contributed by atoms with Gasteiger partial charge in [0.25, 0.3) is 0 Å². The maximum Gasteiger partial charge on any atom is 0.422 e. The third-order valence-corrected chi connectivity index (χ3v) is 2.43. The van der Waals surface area contributed by atoms with Crippen LogP contribution in [-0.2, 0) is 9.59 Å². The van der Waals surface area contributed by atoms with E-state index in [4.69, 9.17) is 5.73 Å². The van der Waals surface area contributed by atoms with Crippen LogP contribution >= 0.6 is 12.4 Å². The van der Waals surface area contributed by atoms with E-state index in [1.165, 1.54) is 12.1 Å². The number of aryl methyl sites for hydroxylation is 1. The molecule has 0 spiro atoms. The Kier molecular flexibility index (Phi) is 8.41. The lowest BCUT2D eigenvalue weighted by molar-refractivity contribution is -0.153. The Labute approximate surface area is 137 Å². The molecule has 0 fully saturated rings. The molecule has 0 saturated carbocycles. The van der Waals surface area contributed by atoms with Gasteiger partial charge in [-0.25, -0.2) is 0 Å². The number of ether oxygens (including phenoxy) is 1. The van der Waals surface area contributed by atoms with Crippen LogP contribution in [0.25, 0.3) is 0 Å². The number of carbonyl (C=O) groups excluding carboxylic acids is 2. The molecule has 0 unspecified atom stereocenters. The number of benzene rings is 1. The quantitative estimate of drug-likeness (QED) is 0.718. The number of rotatable bonds is 6. The van der Waals surface area contributed by atoms with Crippen LogP contribution in [0.5, 0.6) is 5.75 Å². The zero-order valence-electron chi connectivity index (χ0n) is 12.2. The Balaban J connectivity index is 0.00000484. The van der Waals surface area contributed by atoms with E-state index in [2.05, 4.69) is 15.4 Å². The second-order valence-electron chi connectivity index (χ2n) is 4.43. The van der Waals surface area contributed by atoms with Crippen molar-refractivity contribution in [2.75, 3.05) is 25.0 Å². The molecule has 0 heterocycles. The molecule has 1 aromatic rings. The molecule has 0 aliphatic carbocycles. The first-order chi connectivity index (χ1) is 10.2. The Morgan fingerprint density at radius 3 is 2.48 bits per heavy atom. The summed E-state index contributed by atoms with van der Waals surface area (Å²) in [6, 6.07) is 4.40. The normalized spacial score (nSPS) is 10.5. The second-order valence-corrected chi connectivity index (χ2v) is 4.43. The molecule has 0 aliphatic rings. The van der Waals surface area contributed by atoms with Crippen LogP contribution in [0.2, 0.25) is 0 Å². The summed E-state index contributed by atoms with van der Waals surface area (Å²) in [6.07, 6.45) is -4.49. The third-order valence-electron chi connectivity index (χ3n) is 2.43. The summed E-state index contributed by atoms with van der Waals surface area (Å²) in [5.41, 5.74) is 5.82. The summed E-state index contributed by atoms with van der Waals surface area (Å²) in [5.74, 6) is -1.23. The molecule has 1 aromatic carbocycles. The highest BCUT2D eigenvalue weighted by molar-refractivity contribution is 5.95. The van der Waals surface area contributed by atoms with E-state index in [1.54, 1.807) is 13.0 Å². The van der Waals surface area contributed by atoms with Crippen LogP contribution in [0, 0.1) is 6.92 Å². The molecule has 6 nitrogen and oxygen atoms in total.